The average molecular weight is 517 g/mol. The van der Waals surface area contributed by atoms with Gasteiger partial charge in [0.1, 0.15) is 10.5 Å². The van der Waals surface area contributed by atoms with Crippen molar-refractivity contribution in [1.82, 2.24) is 4.90 Å². The second kappa shape index (κ2) is 11.5. The molecule has 3 rings (SSSR count). The number of ether oxygens (including phenoxy) is 1. The highest BCUT2D eigenvalue weighted by atomic mass is 32.1. The zero-order valence-electron chi connectivity index (χ0n) is 23.1. The van der Waals surface area contributed by atoms with Gasteiger partial charge >= 0.3 is 12.1 Å². The number of hydrogen-bond donors (Lipinski definition) is 1. The second-order valence-corrected chi connectivity index (χ2v) is 13.7. The number of likely N-dealkylation sites (tertiary alicyclic amines) is 1. The first-order valence-electron chi connectivity index (χ1n) is 13.4. The zero-order chi connectivity index (χ0) is 26.7. The van der Waals surface area contributed by atoms with Crippen molar-refractivity contribution in [2.24, 2.45) is 17.3 Å². The van der Waals surface area contributed by atoms with Crippen LogP contribution in [0.3, 0.4) is 0 Å². The van der Waals surface area contributed by atoms with Gasteiger partial charge in [0.2, 0.25) is 0 Å². The van der Waals surface area contributed by atoms with Gasteiger partial charge in [0.25, 0.3) is 0 Å². The van der Waals surface area contributed by atoms with Crippen LogP contribution in [0.5, 0.6) is 0 Å². The van der Waals surface area contributed by atoms with Crippen LogP contribution in [0.25, 0.3) is 0 Å². The number of carboxylic acids is 1. The van der Waals surface area contributed by atoms with Gasteiger partial charge in [-0.05, 0) is 85.1 Å². The fourth-order valence-corrected chi connectivity index (χ4v) is 5.84. The van der Waals surface area contributed by atoms with E-state index in [1.54, 1.807) is 4.90 Å². The summed E-state index contributed by atoms with van der Waals surface area (Å²) in [5.41, 5.74) is 0.121. The quantitative estimate of drug-likeness (QED) is 0.432. The highest BCUT2D eigenvalue weighted by Gasteiger charge is 2.33. The Morgan fingerprint density at radius 2 is 1.69 bits per heavy atom. The molecule has 2 fully saturated rings. The van der Waals surface area contributed by atoms with E-state index in [2.05, 4.69) is 44.4 Å². The Hall–Kier alpha value is -2.20. The lowest BCUT2D eigenvalue weighted by Crippen LogP contribution is -2.49. The SMILES string of the molecule is CC1CCC(CN(c2cc(C#CC(C)(C)C)sc2C(=O)O)C2CCN(C(=O)OC(C)(C)C)CC2)CC1. The molecule has 0 radical (unpaired) electrons. The summed E-state index contributed by atoms with van der Waals surface area (Å²) in [6.45, 7) is 16.2. The molecule has 1 N–H and O–H groups in total. The van der Waals surface area contributed by atoms with E-state index >= 15 is 0 Å². The Balaban J connectivity index is 1.86. The molecule has 1 aliphatic heterocycles. The second-order valence-electron chi connectivity index (χ2n) is 12.6. The van der Waals surface area contributed by atoms with E-state index in [4.69, 9.17) is 4.74 Å². The molecule has 2 aliphatic rings. The summed E-state index contributed by atoms with van der Waals surface area (Å²) in [5, 5.41) is 10.1. The van der Waals surface area contributed by atoms with E-state index in [0.29, 0.717) is 23.9 Å². The first-order valence-corrected chi connectivity index (χ1v) is 14.2. The molecule has 0 bridgehead atoms. The first kappa shape index (κ1) is 28.4. The van der Waals surface area contributed by atoms with Gasteiger partial charge in [0.05, 0.1) is 10.6 Å². The van der Waals surface area contributed by atoms with Crippen LogP contribution in [0.15, 0.2) is 6.07 Å². The Kier molecular flexibility index (Phi) is 9.03. The van der Waals surface area contributed by atoms with E-state index in [1.165, 1.54) is 37.0 Å². The van der Waals surface area contributed by atoms with Gasteiger partial charge in [-0.1, -0.05) is 31.6 Å². The Morgan fingerprint density at radius 3 is 2.22 bits per heavy atom. The Bertz CT molecular complexity index is 976. The summed E-state index contributed by atoms with van der Waals surface area (Å²) < 4.78 is 5.58. The number of anilines is 1. The Labute approximate surface area is 221 Å². The van der Waals surface area contributed by atoms with Gasteiger partial charge in [-0.3, -0.25) is 0 Å². The lowest BCUT2D eigenvalue weighted by molar-refractivity contribution is 0.0203. The fraction of sp³-hybridized carbons (Fsp3) is 0.724. The van der Waals surface area contributed by atoms with Crippen LogP contribution < -0.4 is 4.90 Å². The molecule has 2 heterocycles. The number of hydrogen-bond acceptors (Lipinski definition) is 5. The molecule has 1 saturated heterocycles. The summed E-state index contributed by atoms with van der Waals surface area (Å²) in [5.74, 6) is 6.89. The number of thiophene rings is 1. The molecule has 1 aliphatic carbocycles. The van der Waals surface area contributed by atoms with Crippen molar-refractivity contribution in [3.05, 3.63) is 15.8 Å². The minimum absolute atomic E-state index is 0.152. The highest BCUT2D eigenvalue weighted by Crippen LogP contribution is 2.37. The van der Waals surface area contributed by atoms with Crippen molar-refractivity contribution in [3.63, 3.8) is 0 Å². The van der Waals surface area contributed by atoms with Crippen LogP contribution in [0.1, 0.15) is 102 Å². The molecule has 0 aromatic carbocycles. The standard InChI is InChI=1S/C29H44N2O4S/c1-20-8-10-21(11-9-20)19-31(22-13-16-30(17-14-22)27(34)35-29(5,6)7)24-18-23(12-15-28(2,3)4)36-25(24)26(32)33/h18,20-22H,8-11,13-14,16-17,19H2,1-7H3,(H,32,33). The van der Waals surface area contributed by atoms with Gasteiger partial charge in [0, 0.05) is 31.1 Å². The van der Waals surface area contributed by atoms with Crippen molar-refractivity contribution in [2.45, 2.75) is 98.6 Å². The molecule has 1 aromatic rings. The van der Waals surface area contributed by atoms with Crippen molar-refractivity contribution in [2.75, 3.05) is 24.5 Å². The summed E-state index contributed by atoms with van der Waals surface area (Å²) >= 11 is 1.28. The number of amides is 1. The third-order valence-electron chi connectivity index (χ3n) is 6.92. The number of nitrogens with zero attached hydrogens (tertiary/aromatic N) is 2. The molecule has 1 saturated carbocycles. The van der Waals surface area contributed by atoms with Gasteiger partial charge in [-0.2, -0.15) is 0 Å². The van der Waals surface area contributed by atoms with E-state index in [0.717, 1.165) is 35.9 Å². The molecular weight excluding hydrogens is 472 g/mol. The molecule has 6 nitrogen and oxygen atoms in total. The number of aromatic carboxylic acids is 1. The van der Waals surface area contributed by atoms with E-state index in [-0.39, 0.29) is 17.6 Å². The minimum Gasteiger partial charge on any atom is -0.477 e. The summed E-state index contributed by atoms with van der Waals surface area (Å²) in [7, 11) is 0. The van der Waals surface area contributed by atoms with E-state index < -0.39 is 11.6 Å². The van der Waals surface area contributed by atoms with E-state index in [9.17, 15) is 14.7 Å². The Morgan fingerprint density at radius 1 is 1.08 bits per heavy atom. The summed E-state index contributed by atoms with van der Waals surface area (Å²) in [6.07, 6.45) is 6.13. The van der Waals surface area contributed by atoms with Crippen molar-refractivity contribution >= 4 is 29.1 Å². The molecule has 0 unspecified atom stereocenters. The van der Waals surface area contributed by atoms with E-state index in [1.807, 2.05) is 26.8 Å². The predicted octanol–water partition coefficient (Wildman–Crippen LogP) is 6.88. The van der Waals surface area contributed by atoms with Crippen molar-refractivity contribution < 1.29 is 19.4 Å². The maximum Gasteiger partial charge on any atom is 0.410 e. The molecule has 7 heteroatoms. The van der Waals surface area contributed by atoms with Crippen LogP contribution in [0.4, 0.5) is 10.5 Å². The average Bonchev–Trinajstić information content (AvgIpc) is 3.20. The molecule has 36 heavy (non-hydrogen) atoms. The van der Waals surface area contributed by atoms with Crippen LogP contribution in [-0.2, 0) is 4.74 Å². The number of piperidine rings is 1. The molecule has 1 amide bonds. The maximum atomic E-state index is 12.6. The zero-order valence-corrected chi connectivity index (χ0v) is 24.0. The molecule has 200 valence electrons. The van der Waals surface area contributed by atoms with Gasteiger partial charge < -0.3 is 19.6 Å². The van der Waals surface area contributed by atoms with Gasteiger partial charge in [0.15, 0.2) is 0 Å². The number of carbonyl (C=O) groups is 2. The number of carboxylic acid groups (broad SMARTS) is 1. The van der Waals surface area contributed by atoms with Crippen LogP contribution in [0.2, 0.25) is 0 Å². The summed E-state index contributed by atoms with van der Waals surface area (Å²) in [6, 6.07) is 2.16. The first-order chi connectivity index (χ1) is 16.7. The molecular formula is C29H44N2O4S. The monoisotopic (exact) mass is 516 g/mol. The molecule has 1 aromatic heterocycles. The number of carbonyl (C=O) groups excluding carboxylic acids is 1. The van der Waals surface area contributed by atoms with Gasteiger partial charge in [-0.25, -0.2) is 9.59 Å². The van der Waals surface area contributed by atoms with Crippen LogP contribution in [-0.4, -0.2) is 53.3 Å². The molecule has 0 atom stereocenters. The lowest BCUT2D eigenvalue weighted by Gasteiger charge is -2.42. The van der Waals surface area contributed by atoms with Crippen molar-refractivity contribution in [1.29, 1.82) is 0 Å². The summed E-state index contributed by atoms with van der Waals surface area (Å²) in [4.78, 5) is 30.2. The lowest BCUT2D eigenvalue weighted by atomic mass is 9.82. The van der Waals surface area contributed by atoms with Gasteiger partial charge in [-0.15, -0.1) is 11.3 Å². The highest BCUT2D eigenvalue weighted by molar-refractivity contribution is 7.15. The smallest absolute Gasteiger partial charge is 0.410 e. The maximum absolute atomic E-state index is 12.6. The third-order valence-corrected chi connectivity index (χ3v) is 7.95. The number of rotatable bonds is 5. The van der Waals surface area contributed by atoms with Crippen LogP contribution in [0, 0.1) is 29.1 Å². The van der Waals surface area contributed by atoms with Crippen LogP contribution >= 0.6 is 11.3 Å². The topological polar surface area (TPSA) is 70.1 Å². The van der Waals surface area contributed by atoms with Crippen molar-refractivity contribution in [3.8, 4) is 11.8 Å². The minimum atomic E-state index is -0.896. The largest absolute Gasteiger partial charge is 0.477 e. The third kappa shape index (κ3) is 8.16. The predicted molar refractivity (Wildman–Crippen MR) is 147 cm³/mol. The normalized spacial score (nSPS) is 21.5. The fourth-order valence-electron chi connectivity index (χ4n) is 4.98. The molecule has 0 spiro atoms.